The van der Waals surface area contributed by atoms with E-state index in [1.54, 1.807) is 0 Å². The Morgan fingerprint density at radius 1 is 1.05 bits per heavy atom. The molecule has 3 rings (SSSR count). The van der Waals surface area contributed by atoms with Gasteiger partial charge in [0, 0.05) is 12.6 Å². The van der Waals surface area contributed by atoms with Gasteiger partial charge < -0.3 is 10.4 Å². The summed E-state index contributed by atoms with van der Waals surface area (Å²) in [7, 11) is 0. The van der Waals surface area contributed by atoms with Crippen LogP contribution in [0.3, 0.4) is 0 Å². The lowest BCUT2D eigenvalue weighted by molar-refractivity contribution is -0.0989. The van der Waals surface area contributed by atoms with E-state index < -0.39 is 5.60 Å². The second kappa shape index (κ2) is 5.64. The van der Waals surface area contributed by atoms with Crippen LogP contribution in [0.15, 0.2) is 30.3 Å². The number of nitrogens with one attached hydrogen (secondary N) is 1. The maximum absolute atomic E-state index is 11.1. The molecule has 1 aromatic carbocycles. The minimum Gasteiger partial charge on any atom is -0.388 e. The minimum absolute atomic E-state index is 0.284. The van der Waals surface area contributed by atoms with E-state index in [0.717, 1.165) is 19.4 Å². The fourth-order valence-corrected chi connectivity index (χ4v) is 4.04. The molecular formula is C17H25NO. The Balaban J connectivity index is 1.66. The molecule has 0 heterocycles. The first-order valence-electron chi connectivity index (χ1n) is 7.79. The summed E-state index contributed by atoms with van der Waals surface area (Å²) in [4.78, 5) is 0. The largest absolute Gasteiger partial charge is 0.388 e. The van der Waals surface area contributed by atoms with Gasteiger partial charge in [-0.2, -0.15) is 0 Å². The van der Waals surface area contributed by atoms with Crippen molar-refractivity contribution in [2.24, 2.45) is 5.92 Å². The molecule has 104 valence electrons. The van der Waals surface area contributed by atoms with Crippen LogP contribution in [0.5, 0.6) is 0 Å². The van der Waals surface area contributed by atoms with Gasteiger partial charge in [-0.3, -0.25) is 0 Å². The van der Waals surface area contributed by atoms with Crippen LogP contribution in [0.1, 0.15) is 50.5 Å². The van der Waals surface area contributed by atoms with Gasteiger partial charge in [0.15, 0.2) is 0 Å². The maximum Gasteiger partial charge on any atom is 0.0828 e. The summed E-state index contributed by atoms with van der Waals surface area (Å²) in [6, 6.07) is 10.8. The number of benzene rings is 1. The van der Waals surface area contributed by atoms with Crippen LogP contribution in [0.2, 0.25) is 0 Å². The average molecular weight is 259 g/mol. The quantitative estimate of drug-likeness (QED) is 0.873. The molecule has 0 aliphatic heterocycles. The first-order valence-corrected chi connectivity index (χ1v) is 7.79. The Morgan fingerprint density at radius 2 is 1.84 bits per heavy atom. The molecule has 1 aromatic rings. The van der Waals surface area contributed by atoms with Crippen LogP contribution < -0.4 is 5.32 Å². The van der Waals surface area contributed by atoms with E-state index >= 15 is 0 Å². The number of rotatable bonds is 3. The molecule has 2 aliphatic rings. The molecule has 2 nitrogen and oxygen atoms in total. The molecule has 2 heteroatoms. The number of fused-ring (bicyclic) bond motifs is 1. The number of hydrogen-bond acceptors (Lipinski definition) is 2. The Kier molecular flexibility index (Phi) is 3.90. The lowest BCUT2D eigenvalue weighted by Crippen LogP contribution is -2.58. The standard InChI is InChI=1S/C17H25NO/c19-17-12-5-4-9-15(17)10-6-11-16(17)18-13-14-7-2-1-3-8-14/h1-3,7-8,15-16,18-19H,4-6,9-13H2/t15-,16?,17-/m1/s1. The van der Waals surface area contributed by atoms with E-state index in [-0.39, 0.29) is 6.04 Å². The fraction of sp³-hybridized carbons (Fsp3) is 0.647. The van der Waals surface area contributed by atoms with Crippen molar-refractivity contribution in [1.82, 2.24) is 5.32 Å². The van der Waals surface area contributed by atoms with Gasteiger partial charge in [0.05, 0.1) is 5.60 Å². The minimum atomic E-state index is -0.439. The van der Waals surface area contributed by atoms with E-state index in [1.807, 2.05) is 0 Å². The monoisotopic (exact) mass is 259 g/mol. The summed E-state index contributed by atoms with van der Waals surface area (Å²) in [5.41, 5.74) is 0.870. The Morgan fingerprint density at radius 3 is 2.68 bits per heavy atom. The van der Waals surface area contributed by atoms with Gasteiger partial charge >= 0.3 is 0 Å². The number of hydrogen-bond donors (Lipinski definition) is 2. The van der Waals surface area contributed by atoms with Crippen LogP contribution in [-0.4, -0.2) is 16.7 Å². The van der Waals surface area contributed by atoms with Crippen molar-refractivity contribution in [2.45, 2.75) is 63.1 Å². The highest BCUT2D eigenvalue weighted by atomic mass is 16.3. The van der Waals surface area contributed by atoms with Crippen molar-refractivity contribution < 1.29 is 5.11 Å². The molecule has 19 heavy (non-hydrogen) atoms. The van der Waals surface area contributed by atoms with E-state index in [2.05, 4.69) is 35.6 Å². The molecule has 2 fully saturated rings. The van der Waals surface area contributed by atoms with Crippen molar-refractivity contribution in [3.05, 3.63) is 35.9 Å². The van der Waals surface area contributed by atoms with Gasteiger partial charge in [-0.1, -0.05) is 49.6 Å². The Labute approximate surface area is 116 Å². The Hall–Kier alpha value is -0.860. The molecule has 0 bridgehead atoms. The topological polar surface area (TPSA) is 32.3 Å². The first-order chi connectivity index (χ1) is 9.29. The van der Waals surface area contributed by atoms with Crippen molar-refractivity contribution in [2.75, 3.05) is 0 Å². The van der Waals surface area contributed by atoms with Crippen LogP contribution in [0, 0.1) is 5.92 Å². The van der Waals surface area contributed by atoms with Crippen LogP contribution in [-0.2, 0) is 6.54 Å². The zero-order valence-electron chi connectivity index (χ0n) is 11.6. The third kappa shape index (κ3) is 2.70. The maximum atomic E-state index is 11.1. The van der Waals surface area contributed by atoms with E-state index in [0.29, 0.717) is 5.92 Å². The molecule has 0 saturated heterocycles. The van der Waals surface area contributed by atoms with Crippen molar-refractivity contribution in [3.63, 3.8) is 0 Å². The second-order valence-corrected chi connectivity index (χ2v) is 6.28. The predicted molar refractivity (Wildman–Crippen MR) is 77.8 cm³/mol. The van der Waals surface area contributed by atoms with Crippen molar-refractivity contribution >= 4 is 0 Å². The average Bonchev–Trinajstić information content (AvgIpc) is 2.46. The molecule has 1 unspecified atom stereocenters. The van der Waals surface area contributed by atoms with Gasteiger partial charge in [0.25, 0.3) is 0 Å². The lowest BCUT2D eigenvalue weighted by atomic mass is 9.65. The highest BCUT2D eigenvalue weighted by Crippen LogP contribution is 2.43. The molecular weight excluding hydrogens is 234 g/mol. The zero-order chi connectivity index (χ0) is 13.1. The van der Waals surface area contributed by atoms with E-state index in [4.69, 9.17) is 0 Å². The zero-order valence-corrected chi connectivity index (χ0v) is 11.6. The van der Waals surface area contributed by atoms with Gasteiger partial charge in [-0.15, -0.1) is 0 Å². The Bertz CT molecular complexity index is 403. The number of aliphatic hydroxyl groups is 1. The van der Waals surface area contributed by atoms with Crippen molar-refractivity contribution in [1.29, 1.82) is 0 Å². The summed E-state index contributed by atoms with van der Waals surface area (Å²) in [6.07, 6.45) is 8.32. The molecule has 2 saturated carbocycles. The summed E-state index contributed by atoms with van der Waals surface area (Å²) in [5, 5.41) is 14.7. The molecule has 3 atom stereocenters. The van der Waals surface area contributed by atoms with Crippen LogP contribution in [0.25, 0.3) is 0 Å². The van der Waals surface area contributed by atoms with E-state index in [9.17, 15) is 5.11 Å². The predicted octanol–water partition coefficient (Wildman–Crippen LogP) is 3.25. The van der Waals surface area contributed by atoms with Gasteiger partial charge in [-0.05, 0) is 37.2 Å². The van der Waals surface area contributed by atoms with Crippen LogP contribution >= 0.6 is 0 Å². The molecule has 2 N–H and O–H groups in total. The summed E-state index contributed by atoms with van der Waals surface area (Å²) in [5.74, 6) is 0.531. The second-order valence-electron chi connectivity index (χ2n) is 6.28. The smallest absolute Gasteiger partial charge is 0.0828 e. The summed E-state index contributed by atoms with van der Waals surface area (Å²) >= 11 is 0. The highest BCUT2D eigenvalue weighted by molar-refractivity contribution is 5.15. The molecule has 0 spiro atoms. The normalized spacial score (nSPS) is 34.8. The lowest BCUT2D eigenvalue weighted by Gasteiger charge is -2.49. The molecule has 0 aromatic heterocycles. The molecule has 0 amide bonds. The molecule has 0 radical (unpaired) electrons. The third-order valence-electron chi connectivity index (χ3n) is 5.13. The third-order valence-corrected chi connectivity index (χ3v) is 5.13. The summed E-state index contributed by atoms with van der Waals surface area (Å²) in [6.45, 7) is 0.876. The van der Waals surface area contributed by atoms with Gasteiger partial charge in [0.2, 0.25) is 0 Å². The van der Waals surface area contributed by atoms with Gasteiger partial charge in [-0.25, -0.2) is 0 Å². The van der Waals surface area contributed by atoms with Crippen molar-refractivity contribution in [3.8, 4) is 0 Å². The van der Waals surface area contributed by atoms with E-state index in [1.165, 1.54) is 37.7 Å². The van der Waals surface area contributed by atoms with Crippen LogP contribution in [0.4, 0.5) is 0 Å². The first kappa shape index (κ1) is 13.1. The van der Waals surface area contributed by atoms with Gasteiger partial charge in [0.1, 0.15) is 0 Å². The summed E-state index contributed by atoms with van der Waals surface area (Å²) < 4.78 is 0. The SMILES string of the molecule is O[C@]12CCCC[C@@H]1CCCC2NCc1ccccc1. The fourth-order valence-electron chi connectivity index (χ4n) is 4.04. The highest BCUT2D eigenvalue weighted by Gasteiger charge is 2.46. The molecule has 2 aliphatic carbocycles.